The zero-order valence-corrected chi connectivity index (χ0v) is 9.14. The van der Waals surface area contributed by atoms with Crippen LogP contribution in [-0.4, -0.2) is 31.6 Å². The number of carbonyl (C=O) groups is 1. The molecule has 0 aromatic rings. The fourth-order valence-electron chi connectivity index (χ4n) is 0.820. The number of hydrogen-bond donors (Lipinski definition) is 2. The molecular formula is C5H9KN2O2. The van der Waals surface area contributed by atoms with Crippen LogP contribution in [0.5, 0.6) is 0 Å². The van der Waals surface area contributed by atoms with Crippen LogP contribution in [0.3, 0.4) is 0 Å². The van der Waals surface area contributed by atoms with Crippen LogP contribution in [0.25, 0.3) is 0 Å². The van der Waals surface area contributed by atoms with Gasteiger partial charge >= 0.3 is 51.4 Å². The van der Waals surface area contributed by atoms with Crippen molar-refractivity contribution in [1.29, 1.82) is 0 Å². The molecule has 0 radical (unpaired) electrons. The zero-order valence-electron chi connectivity index (χ0n) is 6.02. The summed E-state index contributed by atoms with van der Waals surface area (Å²) in [6, 6.07) is -0.501. The van der Waals surface area contributed by atoms with Gasteiger partial charge in [-0.3, -0.25) is 0 Å². The maximum absolute atomic E-state index is 10.1. The van der Waals surface area contributed by atoms with Gasteiger partial charge in [0.1, 0.15) is 0 Å². The standard InChI is InChI=1S/C5H10N2O2.K/c8-5(9)4-3-6-1-2-7-4;/h4,6-7H,1-3H2,(H,8,9);/q;+1/p-1. The first-order chi connectivity index (χ1) is 4.30. The second-order valence-electron chi connectivity index (χ2n) is 2.03. The molecule has 1 fully saturated rings. The molecule has 0 aromatic carbocycles. The van der Waals surface area contributed by atoms with Crippen LogP contribution in [0.1, 0.15) is 0 Å². The van der Waals surface area contributed by atoms with Crippen LogP contribution in [0.2, 0.25) is 0 Å². The topological polar surface area (TPSA) is 64.2 Å². The maximum atomic E-state index is 10.1. The third-order valence-corrected chi connectivity index (χ3v) is 1.33. The molecular weight excluding hydrogens is 159 g/mol. The van der Waals surface area contributed by atoms with Crippen molar-refractivity contribution >= 4 is 5.97 Å². The monoisotopic (exact) mass is 168 g/mol. The van der Waals surface area contributed by atoms with E-state index in [4.69, 9.17) is 0 Å². The van der Waals surface area contributed by atoms with E-state index in [9.17, 15) is 9.90 Å². The third kappa shape index (κ3) is 3.43. The van der Waals surface area contributed by atoms with Crippen molar-refractivity contribution in [2.24, 2.45) is 0 Å². The molecule has 0 spiro atoms. The van der Waals surface area contributed by atoms with Gasteiger partial charge in [-0.15, -0.1) is 0 Å². The van der Waals surface area contributed by atoms with Crippen molar-refractivity contribution in [3.8, 4) is 0 Å². The van der Waals surface area contributed by atoms with Crippen LogP contribution in [0.15, 0.2) is 0 Å². The first-order valence-electron chi connectivity index (χ1n) is 2.95. The Labute approximate surface area is 102 Å². The molecule has 0 amide bonds. The molecule has 0 saturated carbocycles. The number of carboxylic acids is 1. The van der Waals surface area contributed by atoms with E-state index in [1.165, 1.54) is 0 Å². The van der Waals surface area contributed by atoms with Gasteiger partial charge in [-0.2, -0.15) is 0 Å². The van der Waals surface area contributed by atoms with Gasteiger partial charge in [-0.1, -0.05) is 0 Å². The quantitative estimate of drug-likeness (QED) is 0.383. The van der Waals surface area contributed by atoms with E-state index >= 15 is 0 Å². The summed E-state index contributed by atoms with van der Waals surface area (Å²) < 4.78 is 0. The predicted octanol–water partition coefficient (Wildman–Crippen LogP) is -5.70. The van der Waals surface area contributed by atoms with Gasteiger partial charge in [-0.05, 0) is 0 Å². The second kappa shape index (κ2) is 5.65. The summed E-state index contributed by atoms with van der Waals surface area (Å²) in [6.07, 6.45) is 0. The first-order valence-corrected chi connectivity index (χ1v) is 2.95. The van der Waals surface area contributed by atoms with Crippen LogP contribution in [-0.2, 0) is 4.79 Å². The van der Waals surface area contributed by atoms with E-state index in [-0.39, 0.29) is 51.4 Å². The van der Waals surface area contributed by atoms with E-state index in [1.807, 2.05) is 0 Å². The van der Waals surface area contributed by atoms with Crippen molar-refractivity contribution < 1.29 is 61.3 Å². The fraction of sp³-hybridized carbons (Fsp3) is 0.800. The number of piperazine rings is 1. The van der Waals surface area contributed by atoms with E-state index < -0.39 is 12.0 Å². The van der Waals surface area contributed by atoms with E-state index in [0.29, 0.717) is 13.1 Å². The smallest absolute Gasteiger partial charge is 0.548 e. The molecule has 5 heteroatoms. The van der Waals surface area contributed by atoms with Crippen molar-refractivity contribution in [3.63, 3.8) is 0 Å². The van der Waals surface area contributed by atoms with Gasteiger partial charge in [0, 0.05) is 19.6 Å². The SMILES string of the molecule is O=C([O-])C1CNCCN1.[K+]. The summed E-state index contributed by atoms with van der Waals surface area (Å²) in [4.78, 5) is 10.1. The number of carbonyl (C=O) groups excluding carboxylic acids is 1. The Kier molecular flexibility index (Phi) is 6.23. The van der Waals surface area contributed by atoms with Gasteiger partial charge in [0.05, 0.1) is 12.0 Å². The molecule has 1 aliphatic heterocycles. The third-order valence-electron chi connectivity index (χ3n) is 1.33. The van der Waals surface area contributed by atoms with Gasteiger partial charge in [-0.25, -0.2) is 0 Å². The number of nitrogens with one attached hydrogen (secondary N) is 2. The average molecular weight is 168 g/mol. The van der Waals surface area contributed by atoms with Crippen molar-refractivity contribution in [2.45, 2.75) is 6.04 Å². The summed E-state index contributed by atoms with van der Waals surface area (Å²) in [5, 5.41) is 15.9. The number of rotatable bonds is 1. The summed E-state index contributed by atoms with van der Waals surface area (Å²) in [5.41, 5.74) is 0. The summed E-state index contributed by atoms with van der Waals surface area (Å²) >= 11 is 0. The molecule has 1 heterocycles. The van der Waals surface area contributed by atoms with Crippen molar-refractivity contribution in [2.75, 3.05) is 19.6 Å². The average Bonchev–Trinajstić information content (AvgIpc) is 1.90. The van der Waals surface area contributed by atoms with E-state index in [0.717, 1.165) is 6.54 Å². The Morgan fingerprint density at radius 2 is 2.20 bits per heavy atom. The minimum absolute atomic E-state index is 0. The molecule has 1 rings (SSSR count). The molecule has 52 valence electrons. The van der Waals surface area contributed by atoms with E-state index in [2.05, 4.69) is 10.6 Å². The number of carboxylic acid groups (broad SMARTS) is 1. The van der Waals surface area contributed by atoms with Crippen molar-refractivity contribution in [3.05, 3.63) is 0 Å². The van der Waals surface area contributed by atoms with Crippen molar-refractivity contribution in [1.82, 2.24) is 10.6 Å². The molecule has 1 saturated heterocycles. The molecule has 0 aromatic heterocycles. The maximum Gasteiger partial charge on any atom is 1.00 e. The Morgan fingerprint density at radius 1 is 1.50 bits per heavy atom. The van der Waals surface area contributed by atoms with Crippen LogP contribution in [0, 0.1) is 0 Å². The van der Waals surface area contributed by atoms with Gasteiger partial charge in [0.25, 0.3) is 0 Å². The molecule has 0 aliphatic carbocycles. The summed E-state index contributed by atoms with van der Waals surface area (Å²) in [7, 11) is 0. The predicted molar refractivity (Wildman–Crippen MR) is 29.7 cm³/mol. The molecule has 2 N–H and O–H groups in total. The molecule has 4 nitrogen and oxygen atoms in total. The number of aliphatic carboxylic acids is 1. The van der Waals surface area contributed by atoms with Crippen LogP contribution < -0.4 is 67.1 Å². The largest absolute Gasteiger partial charge is 1.00 e. The van der Waals surface area contributed by atoms with Gasteiger partial charge in [0.2, 0.25) is 0 Å². The first kappa shape index (κ1) is 11.0. The van der Waals surface area contributed by atoms with Crippen LogP contribution >= 0.6 is 0 Å². The molecule has 1 aliphatic rings. The minimum atomic E-state index is -1.03. The minimum Gasteiger partial charge on any atom is -0.548 e. The summed E-state index contributed by atoms with van der Waals surface area (Å²) in [5.74, 6) is -1.03. The molecule has 1 atom stereocenters. The Hall–Kier alpha value is 1.03. The van der Waals surface area contributed by atoms with Gasteiger partial charge in [0.15, 0.2) is 0 Å². The van der Waals surface area contributed by atoms with Gasteiger partial charge < -0.3 is 20.5 Å². The normalized spacial score (nSPS) is 25.0. The molecule has 10 heavy (non-hydrogen) atoms. The zero-order chi connectivity index (χ0) is 6.69. The molecule has 1 unspecified atom stereocenters. The fourth-order valence-corrected chi connectivity index (χ4v) is 0.820. The molecule has 0 bridgehead atoms. The Bertz CT molecular complexity index is 114. The van der Waals surface area contributed by atoms with Crippen LogP contribution in [0.4, 0.5) is 0 Å². The Balaban J connectivity index is 0.000000810. The Morgan fingerprint density at radius 3 is 2.50 bits per heavy atom. The second-order valence-corrected chi connectivity index (χ2v) is 2.03. The summed E-state index contributed by atoms with van der Waals surface area (Å²) in [6.45, 7) is 2.02. The van der Waals surface area contributed by atoms with E-state index in [1.54, 1.807) is 0 Å². The number of hydrogen-bond acceptors (Lipinski definition) is 4.